The van der Waals surface area contributed by atoms with Gasteiger partial charge in [0.25, 0.3) is 5.01 Å². The van der Waals surface area contributed by atoms with Gasteiger partial charge < -0.3 is 26.2 Å². The number of rotatable bonds is 20. The fourth-order valence-corrected chi connectivity index (χ4v) is 12.2. The predicted molar refractivity (Wildman–Crippen MR) is 270 cm³/mol. The molecule has 356 valence electrons. The third-order valence-electron chi connectivity index (χ3n) is 11.9. The summed E-state index contributed by atoms with van der Waals surface area (Å²) in [4.78, 5) is 54.8. The standard InChI is InChI=1S/C50H66N6O6S4/c1-31(2)23-41(53-33(5)57)49(59)51-19-9-21-55-43-29-39(65(7)61)15-17-45(43)63-47(55)27-35-11-13-37-14-12-36(26-38(37)25-35)28-48-56(44-30-40(66(8)62)16-18-46(44)64-48)22-10-20-52-50(60)42(24-32(3)4)54-34(6)58/h15-18,25-32,37,41-42H,9-14,19-24H2,1-8H3,(H3-,51,52,53,54,57,58,59,60)/p+1. The van der Waals surface area contributed by atoms with Crippen LogP contribution in [0.15, 0.2) is 91.1 Å². The predicted octanol–water partition coefficient (Wildman–Crippen LogP) is 7.67. The molecule has 3 aromatic rings. The van der Waals surface area contributed by atoms with Crippen molar-refractivity contribution in [1.82, 2.24) is 21.3 Å². The lowest BCUT2D eigenvalue weighted by Gasteiger charge is -2.29. The molecule has 3 aliphatic rings. The molecule has 0 spiro atoms. The molecule has 6 rings (SSSR count). The van der Waals surface area contributed by atoms with Crippen LogP contribution in [-0.4, -0.2) is 76.3 Å². The third kappa shape index (κ3) is 13.9. The number of amides is 4. The van der Waals surface area contributed by atoms with Crippen LogP contribution in [0.25, 0.3) is 16.3 Å². The van der Waals surface area contributed by atoms with E-state index in [2.05, 4.69) is 67.2 Å². The van der Waals surface area contributed by atoms with Gasteiger partial charge in [-0.2, -0.15) is 4.57 Å². The van der Waals surface area contributed by atoms with E-state index >= 15 is 0 Å². The monoisotopic (exact) mass is 975 g/mol. The lowest BCUT2D eigenvalue weighted by molar-refractivity contribution is -0.669. The number of allylic oxidation sites excluding steroid dienone is 6. The summed E-state index contributed by atoms with van der Waals surface area (Å²) in [6, 6.07) is 10.9. The Bertz CT molecular complexity index is 2490. The first-order valence-corrected chi connectivity index (χ1v) is 27.9. The second-order valence-corrected chi connectivity index (χ2v) is 23.3. The van der Waals surface area contributed by atoms with Gasteiger partial charge in [0.1, 0.15) is 16.8 Å². The highest BCUT2D eigenvalue weighted by atomic mass is 32.2. The van der Waals surface area contributed by atoms with E-state index in [0.717, 1.165) is 66.3 Å². The number of hydrogen-bond acceptors (Lipinski definition) is 9. The Labute approximate surface area is 403 Å². The van der Waals surface area contributed by atoms with E-state index in [4.69, 9.17) is 0 Å². The van der Waals surface area contributed by atoms with E-state index in [1.807, 2.05) is 52.0 Å². The van der Waals surface area contributed by atoms with Crippen LogP contribution < -0.4 is 30.7 Å². The molecule has 66 heavy (non-hydrogen) atoms. The quantitative estimate of drug-likeness (QED) is 0.0664. The zero-order chi connectivity index (χ0) is 47.7. The third-order valence-corrected chi connectivity index (χ3v) is 16.0. The molecule has 12 nitrogen and oxygen atoms in total. The Morgan fingerprint density at radius 1 is 0.803 bits per heavy atom. The Morgan fingerprint density at radius 2 is 1.41 bits per heavy atom. The number of hydrogen-bond donors (Lipinski definition) is 4. The molecular formula is C50H67N6O6S4+. The fraction of sp³-hybridized carbons (Fsp3) is 0.500. The molecule has 4 amide bonds. The molecule has 2 heterocycles. The molecule has 0 fully saturated rings. The average Bonchev–Trinajstić information content (AvgIpc) is 3.77. The van der Waals surface area contributed by atoms with Crippen molar-refractivity contribution < 1.29 is 32.2 Å². The smallest absolute Gasteiger partial charge is 0.263 e. The largest absolute Gasteiger partial charge is 0.354 e. The van der Waals surface area contributed by atoms with Crippen LogP contribution in [0, 0.1) is 17.8 Å². The highest BCUT2D eigenvalue weighted by molar-refractivity contribution is 8.03. The van der Waals surface area contributed by atoms with Gasteiger partial charge >= 0.3 is 0 Å². The highest BCUT2D eigenvalue weighted by Crippen LogP contribution is 2.48. The Kier molecular flexibility index (Phi) is 18.2. The van der Waals surface area contributed by atoms with Crippen LogP contribution in [0.5, 0.6) is 0 Å². The van der Waals surface area contributed by atoms with Crippen LogP contribution in [-0.2, 0) is 47.3 Å². The number of nitrogens with zero attached hydrogens (tertiary/aromatic N) is 2. The molecule has 2 aromatic carbocycles. The van der Waals surface area contributed by atoms with Gasteiger partial charge in [-0.3, -0.25) is 27.6 Å². The number of thiazole rings is 1. The summed E-state index contributed by atoms with van der Waals surface area (Å²) in [5, 5.41) is 13.9. The lowest BCUT2D eigenvalue weighted by atomic mass is 9.77. The minimum Gasteiger partial charge on any atom is -0.354 e. The number of benzene rings is 2. The molecule has 0 saturated heterocycles. The van der Waals surface area contributed by atoms with Crippen molar-refractivity contribution in [2.45, 2.75) is 126 Å². The number of nitrogens with one attached hydrogen (secondary N) is 4. The second kappa shape index (κ2) is 23.6. The molecular weight excluding hydrogens is 909 g/mol. The van der Waals surface area contributed by atoms with Crippen LogP contribution >= 0.6 is 23.1 Å². The zero-order valence-corrected chi connectivity index (χ0v) is 42.9. The maximum Gasteiger partial charge on any atom is 0.263 e. The molecule has 5 atom stereocenters. The molecule has 2 aliphatic carbocycles. The molecule has 16 heteroatoms. The molecule has 0 bridgehead atoms. The van der Waals surface area contributed by atoms with Gasteiger partial charge in [0.05, 0.1) is 21.5 Å². The molecule has 4 N–H and O–H groups in total. The normalized spacial score (nSPS) is 18.9. The van der Waals surface area contributed by atoms with Gasteiger partial charge in [-0.05, 0) is 116 Å². The molecule has 5 unspecified atom stereocenters. The SMILES string of the molecule is CC(=O)NC(CC(C)C)C(=O)NCCCN1/C(=C/C2=CC3=C/C(=C/c4sc5ccc(S(C)=O)cc5[n+]4CCCNC(=O)C(CC(C)C)NC(C)=O)CCC3CC2)Sc2ccc(S(C)=O)cc21. The van der Waals surface area contributed by atoms with Gasteiger partial charge in [0, 0.05) is 90.0 Å². The summed E-state index contributed by atoms with van der Waals surface area (Å²) >= 11 is 3.43. The molecule has 0 radical (unpaired) electrons. The van der Waals surface area contributed by atoms with Gasteiger partial charge in [0.15, 0.2) is 6.54 Å². The van der Waals surface area contributed by atoms with Crippen molar-refractivity contribution in [3.8, 4) is 0 Å². The fourth-order valence-electron chi connectivity index (χ4n) is 8.79. The van der Waals surface area contributed by atoms with Crippen molar-refractivity contribution >= 4 is 90.3 Å². The van der Waals surface area contributed by atoms with Crippen molar-refractivity contribution in [1.29, 1.82) is 0 Å². The minimum absolute atomic E-state index is 0.173. The van der Waals surface area contributed by atoms with Crippen LogP contribution in [0.1, 0.15) is 97.9 Å². The maximum absolute atomic E-state index is 13.1. The van der Waals surface area contributed by atoms with Gasteiger partial charge in [-0.25, -0.2) is 0 Å². The van der Waals surface area contributed by atoms with Gasteiger partial charge in [0.2, 0.25) is 29.1 Å². The number of fused-ring (bicyclic) bond motifs is 3. The van der Waals surface area contributed by atoms with Crippen molar-refractivity contribution in [3.63, 3.8) is 0 Å². The van der Waals surface area contributed by atoms with Crippen LogP contribution in [0.3, 0.4) is 0 Å². The first-order valence-electron chi connectivity index (χ1n) is 23.1. The van der Waals surface area contributed by atoms with E-state index in [9.17, 15) is 27.6 Å². The van der Waals surface area contributed by atoms with Crippen molar-refractivity contribution in [2.75, 3.05) is 37.0 Å². The van der Waals surface area contributed by atoms with Gasteiger partial charge in [-0.1, -0.05) is 62.9 Å². The van der Waals surface area contributed by atoms with E-state index in [-0.39, 0.29) is 35.5 Å². The molecule has 0 saturated carbocycles. The minimum atomic E-state index is -1.14. The second-order valence-electron chi connectivity index (χ2n) is 18.4. The zero-order valence-electron chi connectivity index (χ0n) is 39.6. The first-order chi connectivity index (χ1) is 31.4. The number of anilines is 1. The van der Waals surface area contributed by atoms with Gasteiger partial charge in [-0.15, -0.1) is 0 Å². The maximum atomic E-state index is 13.1. The summed E-state index contributed by atoms with van der Waals surface area (Å²) in [5.74, 6) is 0.190. The average molecular weight is 976 g/mol. The highest BCUT2D eigenvalue weighted by Gasteiger charge is 2.30. The Balaban J connectivity index is 1.22. The summed E-state index contributed by atoms with van der Waals surface area (Å²) in [6.07, 6.45) is 19.3. The Hall–Kier alpha value is -4.38. The lowest BCUT2D eigenvalue weighted by Crippen LogP contribution is -2.47. The molecule has 1 aliphatic heterocycles. The summed E-state index contributed by atoms with van der Waals surface area (Å²) in [7, 11) is -2.27. The molecule has 1 aromatic heterocycles. The van der Waals surface area contributed by atoms with Crippen molar-refractivity contribution in [2.24, 2.45) is 17.8 Å². The number of carbonyl (C=O) groups excluding carboxylic acids is 4. The van der Waals surface area contributed by atoms with E-state index in [1.54, 1.807) is 35.6 Å². The summed E-state index contributed by atoms with van der Waals surface area (Å²) in [6.45, 7) is 13.2. The number of thioether (sulfide) groups is 1. The summed E-state index contributed by atoms with van der Waals surface area (Å²) in [5.41, 5.74) is 5.88. The number of aryl methyl sites for hydroxylation is 1. The van der Waals surface area contributed by atoms with E-state index in [1.165, 1.54) is 30.6 Å². The van der Waals surface area contributed by atoms with Crippen LogP contribution in [0.4, 0.5) is 5.69 Å². The first kappa shape index (κ1) is 51.0. The number of carbonyl (C=O) groups is 4. The number of aromatic nitrogens is 1. The van der Waals surface area contributed by atoms with Crippen molar-refractivity contribution in [3.05, 3.63) is 81.4 Å². The Morgan fingerprint density at radius 3 is 2.03 bits per heavy atom. The summed E-state index contributed by atoms with van der Waals surface area (Å²) < 4.78 is 28.5. The topological polar surface area (TPSA) is 158 Å². The van der Waals surface area contributed by atoms with E-state index < -0.39 is 33.7 Å². The van der Waals surface area contributed by atoms with Crippen LogP contribution in [0.2, 0.25) is 0 Å². The van der Waals surface area contributed by atoms with E-state index in [0.29, 0.717) is 57.8 Å².